The molecule has 1 amide bonds. The second-order valence-electron chi connectivity index (χ2n) is 6.87. The summed E-state index contributed by atoms with van der Waals surface area (Å²) in [6, 6.07) is 11.3. The quantitative estimate of drug-likeness (QED) is 0.756. The Morgan fingerprint density at radius 3 is 2.96 bits per heavy atom. The van der Waals surface area contributed by atoms with E-state index in [9.17, 15) is 14.3 Å². The van der Waals surface area contributed by atoms with Crippen molar-refractivity contribution in [3.8, 4) is 11.5 Å². The molecule has 1 N–H and O–H groups in total. The fourth-order valence-electron chi connectivity index (χ4n) is 3.69. The maximum absolute atomic E-state index is 13.4. The molecule has 140 valence electrons. The largest absolute Gasteiger partial charge is 0.436 e. The molecule has 6 heteroatoms. The van der Waals surface area contributed by atoms with E-state index in [0.717, 1.165) is 19.3 Å². The number of hydrogen-bond acceptors (Lipinski definition) is 4. The zero-order valence-corrected chi connectivity index (χ0v) is 14.9. The number of amides is 1. The first kappa shape index (κ1) is 17.7. The Labute approximate surface area is 156 Å². The SMILES string of the molecule is O=C(c1ccc2oc(-c3cccc(F)c3)nc2c1)N1CCCC[C@@H]1CCO. The van der Waals surface area contributed by atoms with Gasteiger partial charge in [-0.3, -0.25) is 4.79 Å². The normalized spacial score (nSPS) is 17.4. The smallest absolute Gasteiger partial charge is 0.254 e. The number of aromatic nitrogens is 1. The molecule has 0 bridgehead atoms. The minimum absolute atomic E-state index is 0.0506. The molecule has 1 aliphatic heterocycles. The van der Waals surface area contributed by atoms with Gasteiger partial charge in [0.05, 0.1) is 0 Å². The summed E-state index contributed by atoms with van der Waals surface area (Å²) < 4.78 is 19.2. The zero-order valence-electron chi connectivity index (χ0n) is 14.9. The van der Waals surface area contributed by atoms with Gasteiger partial charge in [-0.05, 0) is 62.1 Å². The predicted molar refractivity (Wildman–Crippen MR) is 99.8 cm³/mol. The molecule has 3 aromatic rings. The van der Waals surface area contributed by atoms with Gasteiger partial charge in [-0.25, -0.2) is 9.37 Å². The Balaban J connectivity index is 1.64. The van der Waals surface area contributed by atoms with Crippen LogP contribution in [-0.2, 0) is 0 Å². The number of fused-ring (bicyclic) bond motifs is 1. The van der Waals surface area contributed by atoms with Gasteiger partial charge >= 0.3 is 0 Å². The lowest BCUT2D eigenvalue weighted by molar-refractivity contribution is 0.0575. The number of likely N-dealkylation sites (tertiary alicyclic amines) is 1. The molecule has 5 nitrogen and oxygen atoms in total. The van der Waals surface area contributed by atoms with Crippen LogP contribution < -0.4 is 0 Å². The van der Waals surface area contributed by atoms with Crippen LogP contribution in [0.5, 0.6) is 0 Å². The van der Waals surface area contributed by atoms with Crippen LogP contribution in [0.3, 0.4) is 0 Å². The first-order valence-electron chi connectivity index (χ1n) is 9.24. The van der Waals surface area contributed by atoms with Crippen molar-refractivity contribution in [2.75, 3.05) is 13.2 Å². The summed E-state index contributed by atoms with van der Waals surface area (Å²) in [5.74, 6) is -0.0822. The van der Waals surface area contributed by atoms with Gasteiger partial charge in [0.2, 0.25) is 5.89 Å². The number of aliphatic hydroxyl groups excluding tert-OH is 1. The molecular formula is C21H21FN2O3. The molecule has 2 heterocycles. The summed E-state index contributed by atoms with van der Waals surface area (Å²) in [5, 5.41) is 9.27. The van der Waals surface area contributed by atoms with E-state index in [1.165, 1.54) is 12.1 Å². The average Bonchev–Trinajstić information content (AvgIpc) is 3.11. The number of halogens is 1. The van der Waals surface area contributed by atoms with Gasteiger partial charge in [0, 0.05) is 30.3 Å². The Bertz CT molecular complexity index is 967. The number of carbonyl (C=O) groups is 1. The molecule has 0 saturated carbocycles. The third kappa shape index (κ3) is 3.57. The fourth-order valence-corrected chi connectivity index (χ4v) is 3.69. The van der Waals surface area contributed by atoms with E-state index in [-0.39, 0.29) is 24.4 Å². The van der Waals surface area contributed by atoms with E-state index in [1.807, 2.05) is 4.90 Å². The maximum Gasteiger partial charge on any atom is 0.254 e. The summed E-state index contributed by atoms with van der Waals surface area (Å²) in [7, 11) is 0. The number of hydrogen-bond donors (Lipinski definition) is 1. The van der Waals surface area contributed by atoms with Gasteiger partial charge in [-0.2, -0.15) is 0 Å². The van der Waals surface area contributed by atoms with Crippen LogP contribution in [0.25, 0.3) is 22.6 Å². The highest BCUT2D eigenvalue weighted by Crippen LogP contribution is 2.27. The topological polar surface area (TPSA) is 66.6 Å². The second kappa shape index (κ2) is 7.48. The number of piperidine rings is 1. The second-order valence-corrected chi connectivity index (χ2v) is 6.87. The highest BCUT2D eigenvalue weighted by molar-refractivity contribution is 5.97. The Hall–Kier alpha value is -2.73. The molecule has 1 aliphatic rings. The van der Waals surface area contributed by atoms with Crippen LogP contribution in [0.4, 0.5) is 4.39 Å². The summed E-state index contributed by atoms with van der Waals surface area (Å²) in [6.45, 7) is 0.780. The van der Waals surface area contributed by atoms with Gasteiger partial charge in [0.15, 0.2) is 5.58 Å². The summed E-state index contributed by atoms with van der Waals surface area (Å²) >= 11 is 0. The number of benzene rings is 2. The van der Waals surface area contributed by atoms with E-state index in [0.29, 0.717) is 41.1 Å². The zero-order chi connectivity index (χ0) is 18.8. The summed E-state index contributed by atoms with van der Waals surface area (Å²) in [6.07, 6.45) is 3.57. The Morgan fingerprint density at radius 1 is 1.26 bits per heavy atom. The van der Waals surface area contributed by atoms with E-state index >= 15 is 0 Å². The van der Waals surface area contributed by atoms with Gasteiger partial charge in [0.25, 0.3) is 5.91 Å². The van der Waals surface area contributed by atoms with Crippen molar-refractivity contribution in [2.24, 2.45) is 0 Å². The third-order valence-electron chi connectivity index (χ3n) is 5.06. The number of carbonyl (C=O) groups excluding carboxylic acids is 1. The van der Waals surface area contributed by atoms with E-state index in [4.69, 9.17) is 4.42 Å². The fraction of sp³-hybridized carbons (Fsp3) is 0.333. The van der Waals surface area contributed by atoms with Crippen molar-refractivity contribution >= 4 is 17.0 Å². The van der Waals surface area contributed by atoms with Gasteiger partial charge in [0.1, 0.15) is 11.3 Å². The minimum atomic E-state index is -0.356. The lowest BCUT2D eigenvalue weighted by Gasteiger charge is -2.35. The van der Waals surface area contributed by atoms with Crippen LogP contribution in [-0.4, -0.2) is 40.1 Å². The molecule has 0 spiro atoms. The lowest BCUT2D eigenvalue weighted by atomic mass is 9.98. The summed E-state index contributed by atoms with van der Waals surface area (Å²) in [4.78, 5) is 19.3. The van der Waals surface area contributed by atoms with Crippen LogP contribution in [0, 0.1) is 5.82 Å². The highest BCUT2D eigenvalue weighted by Gasteiger charge is 2.27. The molecule has 0 aliphatic carbocycles. The van der Waals surface area contributed by atoms with Gasteiger partial charge in [-0.1, -0.05) is 6.07 Å². The van der Waals surface area contributed by atoms with Crippen LogP contribution in [0.15, 0.2) is 46.9 Å². The van der Waals surface area contributed by atoms with E-state index in [1.54, 1.807) is 30.3 Å². The van der Waals surface area contributed by atoms with E-state index in [2.05, 4.69) is 4.98 Å². The van der Waals surface area contributed by atoms with Crippen LogP contribution >= 0.6 is 0 Å². The minimum Gasteiger partial charge on any atom is -0.436 e. The third-order valence-corrected chi connectivity index (χ3v) is 5.06. The van der Waals surface area contributed by atoms with Crippen molar-refractivity contribution in [3.63, 3.8) is 0 Å². The predicted octanol–water partition coefficient (Wildman–Crippen LogP) is 4.01. The number of aliphatic hydroxyl groups is 1. The molecule has 1 fully saturated rings. The molecular weight excluding hydrogens is 347 g/mol. The van der Waals surface area contributed by atoms with Gasteiger partial charge < -0.3 is 14.4 Å². The van der Waals surface area contributed by atoms with Crippen LogP contribution in [0.2, 0.25) is 0 Å². The molecule has 1 atom stereocenters. The molecule has 27 heavy (non-hydrogen) atoms. The average molecular weight is 368 g/mol. The molecule has 1 saturated heterocycles. The van der Waals surface area contributed by atoms with E-state index < -0.39 is 0 Å². The highest BCUT2D eigenvalue weighted by atomic mass is 19.1. The molecule has 1 aromatic heterocycles. The number of nitrogens with zero attached hydrogens (tertiary/aromatic N) is 2. The van der Waals surface area contributed by atoms with Crippen molar-refractivity contribution in [1.82, 2.24) is 9.88 Å². The van der Waals surface area contributed by atoms with Crippen molar-refractivity contribution in [2.45, 2.75) is 31.7 Å². The molecule has 2 aromatic carbocycles. The maximum atomic E-state index is 13.4. The Morgan fingerprint density at radius 2 is 2.15 bits per heavy atom. The molecule has 0 unspecified atom stereocenters. The standard InChI is InChI=1S/C21H21FN2O3/c22-16-5-3-4-14(12-16)20-23-18-13-15(7-8-19(18)27-20)21(26)24-10-2-1-6-17(24)9-11-25/h3-5,7-8,12-13,17,25H,1-2,6,9-11H2/t17-/m1/s1. The Kier molecular flexibility index (Phi) is 4.90. The van der Waals surface area contributed by atoms with Crippen LogP contribution in [0.1, 0.15) is 36.0 Å². The number of rotatable bonds is 4. The monoisotopic (exact) mass is 368 g/mol. The summed E-state index contributed by atoms with van der Waals surface area (Å²) in [5.41, 5.74) is 2.22. The first-order valence-corrected chi connectivity index (χ1v) is 9.24. The van der Waals surface area contributed by atoms with Crippen molar-refractivity contribution in [1.29, 1.82) is 0 Å². The lowest BCUT2D eigenvalue weighted by Crippen LogP contribution is -2.44. The number of oxazole rings is 1. The van der Waals surface area contributed by atoms with Crippen molar-refractivity contribution in [3.05, 3.63) is 53.8 Å². The first-order chi connectivity index (χ1) is 13.2. The van der Waals surface area contributed by atoms with Gasteiger partial charge in [-0.15, -0.1) is 0 Å². The van der Waals surface area contributed by atoms with Crippen molar-refractivity contribution < 1.29 is 18.7 Å². The molecule has 4 rings (SSSR count). The molecule has 0 radical (unpaired) electrons.